The second kappa shape index (κ2) is 4.08. The van der Waals surface area contributed by atoms with Crippen molar-refractivity contribution < 1.29 is 4.79 Å². The van der Waals surface area contributed by atoms with E-state index in [-0.39, 0.29) is 11.6 Å². The topological polar surface area (TPSA) is 69.8 Å². The van der Waals surface area contributed by atoms with Crippen molar-refractivity contribution in [2.75, 3.05) is 5.32 Å². The van der Waals surface area contributed by atoms with Gasteiger partial charge in [-0.15, -0.1) is 0 Å². The smallest absolute Gasteiger partial charge is 0.321 e. The number of amides is 2. The molecule has 0 aliphatic heterocycles. The molecule has 17 heavy (non-hydrogen) atoms. The summed E-state index contributed by atoms with van der Waals surface area (Å²) in [5.74, 6) is 0.452. The van der Waals surface area contributed by atoms with Crippen LogP contribution in [0.1, 0.15) is 20.8 Å². The van der Waals surface area contributed by atoms with Crippen LogP contribution in [0.15, 0.2) is 24.3 Å². The lowest BCUT2D eigenvalue weighted by atomic mass is 10.1. The third-order valence-corrected chi connectivity index (χ3v) is 2.11. The summed E-state index contributed by atoms with van der Waals surface area (Å²) in [5.41, 5.74) is 1.47. The quantitative estimate of drug-likeness (QED) is 0.707. The summed E-state index contributed by atoms with van der Waals surface area (Å²) in [4.78, 5) is 18.9. The Morgan fingerprint density at radius 1 is 1.29 bits per heavy atom. The zero-order valence-electron chi connectivity index (χ0n) is 10.2. The molecule has 90 valence electrons. The van der Waals surface area contributed by atoms with Crippen molar-refractivity contribution in [3.8, 4) is 0 Å². The van der Waals surface area contributed by atoms with E-state index in [1.165, 1.54) is 0 Å². The normalized spacial score (nSPS) is 11.5. The van der Waals surface area contributed by atoms with Crippen LogP contribution in [-0.2, 0) is 0 Å². The van der Waals surface area contributed by atoms with E-state index in [0.29, 0.717) is 5.95 Å². The molecule has 0 saturated heterocycles. The number of para-hydroxylation sites is 2. The number of aromatic nitrogens is 2. The molecule has 1 aromatic carbocycles. The summed E-state index contributed by atoms with van der Waals surface area (Å²) < 4.78 is 0. The minimum absolute atomic E-state index is 0.267. The van der Waals surface area contributed by atoms with Crippen molar-refractivity contribution in [2.24, 2.45) is 0 Å². The number of carbonyl (C=O) groups excluding carboxylic acids is 1. The van der Waals surface area contributed by atoms with Gasteiger partial charge in [0.25, 0.3) is 0 Å². The summed E-state index contributed by atoms with van der Waals surface area (Å²) in [6, 6.07) is 7.35. The maximum absolute atomic E-state index is 11.6. The SMILES string of the molecule is CC(C)(C)NC(=O)Nc1nc2ccccc2[nH]1. The van der Waals surface area contributed by atoms with Crippen LogP contribution in [0.5, 0.6) is 0 Å². The van der Waals surface area contributed by atoms with E-state index in [2.05, 4.69) is 20.6 Å². The van der Waals surface area contributed by atoms with Gasteiger partial charge in [-0.2, -0.15) is 0 Å². The van der Waals surface area contributed by atoms with Gasteiger partial charge in [0.1, 0.15) is 0 Å². The Morgan fingerprint density at radius 2 is 2.00 bits per heavy atom. The Hall–Kier alpha value is -2.04. The van der Waals surface area contributed by atoms with Crippen LogP contribution in [0.4, 0.5) is 10.7 Å². The zero-order valence-corrected chi connectivity index (χ0v) is 10.2. The lowest BCUT2D eigenvalue weighted by molar-refractivity contribution is 0.243. The standard InChI is InChI=1S/C12H16N4O/c1-12(2,3)16-11(17)15-10-13-8-6-4-5-7-9(8)14-10/h4-7H,1-3H3,(H3,13,14,15,16,17). The number of anilines is 1. The number of imidazole rings is 1. The number of carbonyl (C=O) groups is 1. The van der Waals surface area contributed by atoms with E-state index in [9.17, 15) is 4.79 Å². The second-order valence-corrected chi connectivity index (χ2v) is 4.93. The highest BCUT2D eigenvalue weighted by Gasteiger charge is 2.14. The number of hydrogen-bond donors (Lipinski definition) is 3. The minimum Gasteiger partial charge on any atom is -0.333 e. The Kier molecular flexibility index (Phi) is 2.75. The number of rotatable bonds is 1. The highest BCUT2D eigenvalue weighted by Crippen LogP contribution is 2.13. The van der Waals surface area contributed by atoms with Gasteiger partial charge >= 0.3 is 6.03 Å². The number of H-pyrrole nitrogens is 1. The molecule has 0 saturated carbocycles. The van der Waals surface area contributed by atoms with Gasteiger partial charge in [0, 0.05) is 5.54 Å². The lowest BCUT2D eigenvalue weighted by Crippen LogP contribution is -2.43. The van der Waals surface area contributed by atoms with E-state index in [1.54, 1.807) is 0 Å². The summed E-state index contributed by atoms with van der Waals surface area (Å²) in [5, 5.41) is 5.47. The number of nitrogens with zero attached hydrogens (tertiary/aromatic N) is 1. The molecule has 5 heteroatoms. The third-order valence-electron chi connectivity index (χ3n) is 2.11. The molecule has 2 rings (SSSR count). The monoisotopic (exact) mass is 232 g/mol. The fraction of sp³-hybridized carbons (Fsp3) is 0.333. The van der Waals surface area contributed by atoms with E-state index >= 15 is 0 Å². The number of benzene rings is 1. The van der Waals surface area contributed by atoms with Gasteiger partial charge in [-0.3, -0.25) is 5.32 Å². The van der Waals surface area contributed by atoms with Gasteiger partial charge < -0.3 is 10.3 Å². The van der Waals surface area contributed by atoms with Gasteiger partial charge in [-0.1, -0.05) is 12.1 Å². The van der Waals surface area contributed by atoms with Crippen LogP contribution in [0.2, 0.25) is 0 Å². The fourth-order valence-electron chi connectivity index (χ4n) is 1.49. The molecular formula is C12H16N4O. The first-order valence-corrected chi connectivity index (χ1v) is 5.48. The first-order valence-electron chi connectivity index (χ1n) is 5.48. The van der Waals surface area contributed by atoms with Crippen molar-refractivity contribution in [1.82, 2.24) is 15.3 Å². The second-order valence-electron chi connectivity index (χ2n) is 4.93. The van der Waals surface area contributed by atoms with Gasteiger partial charge in [0.15, 0.2) is 0 Å². The van der Waals surface area contributed by atoms with Gasteiger partial charge in [-0.25, -0.2) is 9.78 Å². The predicted molar refractivity (Wildman–Crippen MR) is 68.0 cm³/mol. The maximum atomic E-state index is 11.6. The summed E-state index contributed by atoms with van der Waals surface area (Å²) in [6.07, 6.45) is 0. The molecule has 1 aromatic heterocycles. The molecule has 0 atom stereocenters. The number of nitrogens with one attached hydrogen (secondary N) is 3. The van der Waals surface area contributed by atoms with Crippen LogP contribution in [0.3, 0.4) is 0 Å². The summed E-state index contributed by atoms with van der Waals surface area (Å²) in [7, 11) is 0. The number of aromatic amines is 1. The van der Waals surface area contributed by atoms with Gasteiger partial charge in [-0.05, 0) is 32.9 Å². The van der Waals surface area contributed by atoms with Crippen LogP contribution < -0.4 is 10.6 Å². The minimum atomic E-state index is -0.268. The molecule has 0 spiro atoms. The van der Waals surface area contributed by atoms with Crippen LogP contribution in [-0.4, -0.2) is 21.5 Å². The Balaban J connectivity index is 2.11. The molecule has 3 N–H and O–H groups in total. The maximum Gasteiger partial charge on any atom is 0.321 e. The van der Waals surface area contributed by atoms with E-state index in [1.807, 2.05) is 45.0 Å². The van der Waals surface area contributed by atoms with E-state index < -0.39 is 0 Å². The molecule has 0 aliphatic carbocycles. The summed E-state index contributed by atoms with van der Waals surface area (Å²) >= 11 is 0. The average molecular weight is 232 g/mol. The molecule has 0 fully saturated rings. The fourth-order valence-corrected chi connectivity index (χ4v) is 1.49. The molecule has 0 radical (unpaired) electrons. The molecular weight excluding hydrogens is 216 g/mol. The third kappa shape index (κ3) is 2.96. The number of hydrogen-bond acceptors (Lipinski definition) is 2. The predicted octanol–water partition coefficient (Wildman–Crippen LogP) is 2.48. The Morgan fingerprint density at radius 3 is 2.65 bits per heavy atom. The van der Waals surface area contributed by atoms with Crippen molar-refractivity contribution in [3.63, 3.8) is 0 Å². The molecule has 0 unspecified atom stereocenters. The molecule has 5 nitrogen and oxygen atoms in total. The van der Waals surface area contributed by atoms with Crippen LogP contribution in [0, 0.1) is 0 Å². The molecule has 0 aliphatic rings. The molecule has 0 bridgehead atoms. The van der Waals surface area contributed by atoms with Crippen LogP contribution >= 0.6 is 0 Å². The Labute approximate surface area is 99.6 Å². The van der Waals surface area contributed by atoms with Crippen molar-refractivity contribution in [1.29, 1.82) is 0 Å². The van der Waals surface area contributed by atoms with Crippen molar-refractivity contribution >= 4 is 23.0 Å². The molecule has 2 amide bonds. The number of fused-ring (bicyclic) bond motifs is 1. The highest BCUT2D eigenvalue weighted by atomic mass is 16.2. The molecule has 2 aromatic rings. The Bertz CT molecular complexity index is 506. The zero-order chi connectivity index (χ0) is 12.5. The highest BCUT2D eigenvalue weighted by molar-refractivity contribution is 5.90. The number of urea groups is 1. The van der Waals surface area contributed by atoms with Gasteiger partial charge in [0.05, 0.1) is 11.0 Å². The average Bonchev–Trinajstić information content (AvgIpc) is 2.55. The largest absolute Gasteiger partial charge is 0.333 e. The van der Waals surface area contributed by atoms with Crippen molar-refractivity contribution in [2.45, 2.75) is 26.3 Å². The van der Waals surface area contributed by atoms with E-state index in [4.69, 9.17) is 0 Å². The van der Waals surface area contributed by atoms with Crippen molar-refractivity contribution in [3.05, 3.63) is 24.3 Å². The first-order chi connectivity index (χ1) is 7.94. The lowest BCUT2D eigenvalue weighted by Gasteiger charge is -2.20. The summed E-state index contributed by atoms with van der Waals surface area (Å²) in [6.45, 7) is 5.77. The van der Waals surface area contributed by atoms with Crippen LogP contribution in [0.25, 0.3) is 11.0 Å². The van der Waals surface area contributed by atoms with Gasteiger partial charge in [0.2, 0.25) is 5.95 Å². The van der Waals surface area contributed by atoms with E-state index in [0.717, 1.165) is 11.0 Å². The molecule has 1 heterocycles. The first kappa shape index (κ1) is 11.4.